The molecule has 2 saturated heterocycles. The number of likely N-dealkylation sites (tertiary alicyclic amines) is 2. The lowest BCUT2D eigenvalue weighted by Gasteiger charge is -2.34. The first kappa shape index (κ1) is 20.8. The van der Waals surface area contributed by atoms with Crippen molar-refractivity contribution in [2.24, 2.45) is 0 Å². The molecule has 2 aliphatic rings. The van der Waals surface area contributed by atoms with Crippen LogP contribution in [0.4, 0.5) is 0 Å². The second-order valence-electron chi connectivity index (χ2n) is 8.33. The number of carbonyl (C=O) groups excluding carboxylic acids is 1. The van der Waals surface area contributed by atoms with E-state index in [4.69, 9.17) is 9.15 Å². The van der Waals surface area contributed by atoms with Crippen LogP contribution < -0.4 is 4.74 Å². The van der Waals surface area contributed by atoms with E-state index >= 15 is 0 Å². The van der Waals surface area contributed by atoms with Gasteiger partial charge < -0.3 is 14.1 Å². The van der Waals surface area contributed by atoms with E-state index in [9.17, 15) is 4.79 Å². The average Bonchev–Trinajstić information content (AvgIpc) is 3.49. The molecule has 0 aliphatic carbocycles. The number of ether oxygens (including phenoxy) is 1. The molecule has 1 aromatic carbocycles. The van der Waals surface area contributed by atoms with Crippen molar-refractivity contribution in [2.75, 3.05) is 19.7 Å². The monoisotopic (exact) mass is 412 g/mol. The molecule has 7 nitrogen and oxygen atoms in total. The number of nitrogens with zero attached hydrogens (tertiary/aromatic N) is 4. The molecule has 30 heavy (non-hydrogen) atoms. The Labute approximate surface area is 178 Å². The molecular weight excluding hydrogens is 380 g/mol. The maximum Gasteiger partial charge on any atom is 0.247 e. The molecule has 1 amide bonds. The summed E-state index contributed by atoms with van der Waals surface area (Å²) in [7, 11) is 0. The third-order valence-corrected chi connectivity index (χ3v) is 6.24. The molecule has 3 heterocycles. The zero-order valence-electron chi connectivity index (χ0n) is 18.0. The van der Waals surface area contributed by atoms with Crippen LogP contribution in [-0.4, -0.2) is 57.7 Å². The van der Waals surface area contributed by atoms with Crippen molar-refractivity contribution in [3.63, 3.8) is 0 Å². The highest BCUT2D eigenvalue weighted by molar-refractivity contribution is 5.74. The van der Waals surface area contributed by atoms with Gasteiger partial charge in [0.25, 0.3) is 0 Å². The van der Waals surface area contributed by atoms with Crippen molar-refractivity contribution in [1.29, 1.82) is 0 Å². The van der Waals surface area contributed by atoms with Gasteiger partial charge in [-0.2, -0.15) is 0 Å². The third kappa shape index (κ3) is 4.67. The molecule has 0 unspecified atom stereocenters. The highest BCUT2D eigenvalue weighted by Gasteiger charge is 2.39. The molecule has 4 rings (SSSR count). The molecule has 2 aliphatic heterocycles. The molecule has 0 N–H and O–H groups in total. The summed E-state index contributed by atoms with van der Waals surface area (Å²) in [6, 6.07) is 8.50. The number of amides is 1. The molecule has 2 atom stereocenters. The van der Waals surface area contributed by atoms with E-state index in [0.717, 1.165) is 69.5 Å². The van der Waals surface area contributed by atoms with Gasteiger partial charge in [0.15, 0.2) is 0 Å². The SMILES string of the molecule is CCCCOc1ccc(-c2nnc(CN3CCC[C@@H]3[C@@H]3CCCN3C(C)=O)o2)cc1. The lowest BCUT2D eigenvalue weighted by molar-refractivity contribution is -0.130. The molecule has 0 saturated carbocycles. The Morgan fingerprint density at radius 2 is 1.90 bits per heavy atom. The van der Waals surface area contributed by atoms with Gasteiger partial charge >= 0.3 is 0 Å². The smallest absolute Gasteiger partial charge is 0.247 e. The lowest BCUT2D eigenvalue weighted by Crippen LogP contribution is -2.47. The van der Waals surface area contributed by atoms with Gasteiger partial charge in [0.1, 0.15) is 5.75 Å². The Kier molecular flexibility index (Phi) is 6.67. The van der Waals surface area contributed by atoms with E-state index in [1.54, 1.807) is 6.92 Å². The van der Waals surface area contributed by atoms with Crippen LogP contribution in [0.15, 0.2) is 28.7 Å². The molecule has 162 valence electrons. The van der Waals surface area contributed by atoms with Crippen molar-refractivity contribution < 1.29 is 13.9 Å². The van der Waals surface area contributed by atoms with Gasteiger partial charge in [0.2, 0.25) is 17.7 Å². The number of rotatable bonds is 8. The number of hydrogen-bond acceptors (Lipinski definition) is 6. The Balaban J connectivity index is 1.39. The second kappa shape index (κ2) is 9.60. The second-order valence-corrected chi connectivity index (χ2v) is 8.33. The fourth-order valence-electron chi connectivity index (χ4n) is 4.70. The van der Waals surface area contributed by atoms with Crippen LogP contribution in [0.5, 0.6) is 5.75 Å². The Bertz CT molecular complexity index is 835. The summed E-state index contributed by atoms with van der Waals surface area (Å²) < 4.78 is 11.7. The number of aromatic nitrogens is 2. The fourth-order valence-corrected chi connectivity index (χ4v) is 4.70. The van der Waals surface area contributed by atoms with E-state index in [1.807, 2.05) is 29.2 Å². The maximum atomic E-state index is 12.0. The molecule has 0 radical (unpaired) electrons. The van der Waals surface area contributed by atoms with Crippen molar-refractivity contribution in [1.82, 2.24) is 20.0 Å². The zero-order chi connectivity index (χ0) is 20.9. The van der Waals surface area contributed by atoms with Gasteiger partial charge in [-0.25, -0.2) is 0 Å². The number of benzene rings is 1. The Morgan fingerprint density at radius 3 is 2.67 bits per heavy atom. The summed E-state index contributed by atoms with van der Waals surface area (Å²) in [5.74, 6) is 2.21. The van der Waals surface area contributed by atoms with Crippen LogP contribution in [0.3, 0.4) is 0 Å². The zero-order valence-corrected chi connectivity index (χ0v) is 18.0. The average molecular weight is 413 g/mol. The van der Waals surface area contributed by atoms with Gasteiger partial charge in [0.05, 0.1) is 13.2 Å². The third-order valence-electron chi connectivity index (χ3n) is 6.24. The minimum Gasteiger partial charge on any atom is -0.494 e. The molecule has 7 heteroatoms. The predicted octanol–water partition coefficient (Wildman–Crippen LogP) is 3.89. The van der Waals surface area contributed by atoms with E-state index in [2.05, 4.69) is 22.0 Å². The standard InChI is InChI=1S/C23H32N4O3/c1-3-4-15-29-19-11-9-18(10-12-19)23-25-24-22(30-23)16-26-13-5-7-20(26)21-8-6-14-27(21)17(2)28/h9-12,20-21H,3-8,13-16H2,1-2H3/t20-,21+/m1/s1. The van der Waals surface area contributed by atoms with E-state index in [0.29, 0.717) is 30.4 Å². The Morgan fingerprint density at radius 1 is 1.13 bits per heavy atom. The van der Waals surface area contributed by atoms with E-state index < -0.39 is 0 Å². The summed E-state index contributed by atoms with van der Waals surface area (Å²) in [6.07, 6.45) is 6.62. The van der Waals surface area contributed by atoms with Crippen molar-refractivity contribution in [3.8, 4) is 17.2 Å². The summed E-state index contributed by atoms with van der Waals surface area (Å²) in [6.45, 7) is 7.10. The van der Waals surface area contributed by atoms with Crippen LogP contribution in [0.2, 0.25) is 0 Å². The fraction of sp³-hybridized carbons (Fsp3) is 0.609. The van der Waals surface area contributed by atoms with Crippen LogP contribution in [0.25, 0.3) is 11.5 Å². The summed E-state index contributed by atoms with van der Waals surface area (Å²) in [5.41, 5.74) is 0.896. The highest BCUT2D eigenvalue weighted by atomic mass is 16.5. The van der Waals surface area contributed by atoms with Gasteiger partial charge in [0, 0.05) is 31.1 Å². The first-order valence-electron chi connectivity index (χ1n) is 11.2. The normalized spacial score (nSPS) is 22.0. The topological polar surface area (TPSA) is 71.7 Å². The van der Waals surface area contributed by atoms with Gasteiger partial charge in [-0.15, -0.1) is 10.2 Å². The van der Waals surface area contributed by atoms with Crippen LogP contribution in [0, 0.1) is 0 Å². The van der Waals surface area contributed by atoms with Crippen molar-refractivity contribution in [2.45, 2.75) is 71.0 Å². The summed E-state index contributed by atoms with van der Waals surface area (Å²) >= 11 is 0. The molecule has 1 aromatic heterocycles. The van der Waals surface area contributed by atoms with Crippen molar-refractivity contribution >= 4 is 5.91 Å². The molecular formula is C23H32N4O3. The van der Waals surface area contributed by atoms with E-state index in [1.165, 1.54) is 0 Å². The minimum absolute atomic E-state index is 0.187. The molecule has 0 bridgehead atoms. The largest absolute Gasteiger partial charge is 0.494 e. The summed E-state index contributed by atoms with van der Waals surface area (Å²) in [4.78, 5) is 16.5. The van der Waals surface area contributed by atoms with Crippen LogP contribution in [-0.2, 0) is 11.3 Å². The Hall–Kier alpha value is -2.41. The maximum absolute atomic E-state index is 12.0. The van der Waals surface area contributed by atoms with Crippen molar-refractivity contribution in [3.05, 3.63) is 30.2 Å². The lowest BCUT2D eigenvalue weighted by atomic mass is 10.0. The summed E-state index contributed by atoms with van der Waals surface area (Å²) in [5, 5.41) is 8.53. The molecule has 2 aromatic rings. The number of carbonyl (C=O) groups is 1. The first-order chi connectivity index (χ1) is 14.7. The van der Waals surface area contributed by atoms with Gasteiger partial charge in [-0.3, -0.25) is 9.69 Å². The van der Waals surface area contributed by atoms with Crippen LogP contribution in [0.1, 0.15) is 58.3 Å². The minimum atomic E-state index is 0.187. The van der Waals surface area contributed by atoms with Crippen LogP contribution >= 0.6 is 0 Å². The quantitative estimate of drug-likeness (QED) is 0.613. The first-order valence-corrected chi connectivity index (χ1v) is 11.2. The van der Waals surface area contributed by atoms with E-state index in [-0.39, 0.29) is 5.91 Å². The molecule has 2 fully saturated rings. The number of hydrogen-bond donors (Lipinski definition) is 0. The molecule has 0 spiro atoms. The highest BCUT2D eigenvalue weighted by Crippen LogP contribution is 2.31. The van der Waals surface area contributed by atoms with Gasteiger partial charge in [-0.1, -0.05) is 13.3 Å². The predicted molar refractivity (Wildman–Crippen MR) is 114 cm³/mol. The number of unbranched alkanes of at least 4 members (excludes halogenated alkanes) is 1. The van der Waals surface area contributed by atoms with Gasteiger partial charge in [-0.05, 0) is 62.9 Å².